The molecule has 0 rings (SSSR count). The fourth-order valence-corrected chi connectivity index (χ4v) is 4.37. The molecule has 0 aromatic carbocycles. The van der Waals surface area contributed by atoms with Crippen LogP contribution < -0.4 is 0 Å². The van der Waals surface area contributed by atoms with E-state index in [9.17, 15) is 29.7 Å². The Balaban J connectivity index is 0. The molecule has 0 bridgehead atoms. The number of carboxylic acids is 3. The monoisotopic (exact) mass is 476 g/mol. The zero-order valence-corrected chi connectivity index (χ0v) is 21.1. The Hall–Kier alpha value is -1.67. The van der Waals surface area contributed by atoms with Crippen molar-refractivity contribution < 1.29 is 39.9 Å². The van der Waals surface area contributed by atoms with Crippen LogP contribution in [0.5, 0.6) is 0 Å². The third-order valence-electron chi connectivity index (χ3n) is 6.64. The summed E-state index contributed by atoms with van der Waals surface area (Å²) in [5.74, 6) is -6.56. The largest absolute Gasteiger partial charge is 0.481 e. The lowest BCUT2D eigenvalue weighted by atomic mass is 9.61. The standard InChI is InChI=1S/C13H28O.C12H20O7/c1-2-3-4-5-6-7-8-9-10-11-12-13-14;1-4-7(8(13)14)12(19,10(17)18)11(5-2,6-3)9(15)16/h14H,2-13H2,1H3;7,19H,4-6H2,1-3H3,(H,13,14)(H,15,16)(H,17,18). The van der Waals surface area contributed by atoms with Gasteiger partial charge in [0, 0.05) is 6.61 Å². The Kier molecular flexibility index (Phi) is 19.0. The maximum Gasteiger partial charge on any atom is 0.337 e. The molecule has 0 aliphatic heterocycles. The first-order valence-corrected chi connectivity index (χ1v) is 12.6. The number of aliphatic hydroxyl groups excluding tert-OH is 1. The van der Waals surface area contributed by atoms with Crippen LogP contribution in [0.15, 0.2) is 0 Å². The summed E-state index contributed by atoms with van der Waals surface area (Å²) < 4.78 is 0. The quantitative estimate of drug-likeness (QED) is 0.162. The summed E-state index contributed by atoms with van der Waals surface area (Å²) >= 11 is 0. The van der Waals surface area contributed by atoms with E-state index in [4.69, 9.17) is 10.2 Å². The van der Waals surface area contributed by atoms with E-state index in [1.165, 1.54) is 85.0 Å². The van der Waals surface area contributed by atoms with Gasteiger partial charge in [0.25, 0.3) is 0 Å². The first kappa shape index (κ1) is 33.5. The predicted molar refractivity (Wildman–Crippen MR) is 128 cm³/mol. The Morgan fingerprint density at radius 2 is 1.06 bits per heavy atom. The van der Waals surface area contributed by atoms with E-state index >= 15 is 0 Å². The van der Waals surface area contributed by atoms with Crippen LogP contribution >= 0.6 is 0 Å². The van der Waals surface area contributed by atoms with Crippen molar-refractivity contribution in [2.75, 3.05) is 6.61 Å². The van der Waals surface area contributed by atoms with E-state index < -0.39 is 34.8 Å². The maximum absolute atomic E-state index is 11.5. The first-order valence-electron chi connectivity index (χ1n) is 12.6. The minimum atomic E-state index is -2.86. The molecule has 0 heterocycles. The van der Waals surface area contributed by atoms with Gasteiger partial charge in [-0.25, -0.2) is 4.79 Å². The van der Waals surface area contributed by atoms with Crippen LogP contribution in [0.25, 0.3) is 0 Å². The first-order chi connectivity index (χ1) is 15.6. The van der Waals surface area contributed by atoms with Crippen LogP contribution in [0.1, 0.15) is 118 Å². The van der Waals surface area contributed by atoms with Gasteiger partial charge in [0.15, 0.2) is 5.60 Å². The molecule has 0 amide bonds. The molecule has 0 aromatic rings. The second-order valence-corrected chi connectivity index (χ2v) is 8.72. The molecule has 8 nitrogen and oxygen atoms in total. The molecule has 0 fully saturated rings. The molecule has 0 radical (unpaired) electrons. The summed E-state index contributed by atoms with van der Waals surface area (Å²) in [5, 5.41) is 46.7. The number of unbranched alkanes of at least 4 members (excludes halogenated alkanes) is 10. The molecule has 0 spiro atoms. The normalized spacial score (nSPS) is 14.0. The minimum Gasteiger partial charge on any atom is -0.481 e. The van der Waals surface area contributed by atoms with Crippen LogP contribution in [0.4, 0.5) is 0 Å². The highest BCUT2D eigenvalue weighted by Gasteiger charge is 2.64. The average molecular weight is 477 g/mol. The summed E-state index contributed by atoms with van der Waals surface area (Å²) in [6.07, 6.45) is 14.2. The molecule has 0 aromatic heterocycles. The molecule has 0 aliphatic carbocycles. The van der Waals surface area contributed by atoms with E-state index in [0.29, 0.717) is 6.61 Å². The fourth-order valence-electron chi connectivity index (χ4n) is 4.37. The number of carbonyl (C=O) groups is 3. The lowest BCUT2D eigenvalue weighted by molar-refractivity contribution is -0.205. The summed E-state index contributed by atoms with van der Waals surface area (Å²) in [7, 11) is 0. The van der Waals surface area contributed by atoms with E-state index in [2.05, 4.69) is 6.92 Å². The molecule has 8 heteroatoms. The minimum absolute atomic E-state index is 0.187. The molecule has 0 saturated carbocycles. The maximum atomic E-state index is 11.5. The number of aliphatic carboxylic acids is 3. The lowest BCUT2D eigenvalue weighted by Gasteiger charge is -2.43. The number of hydrogen-bond acceptors (Lipinski definition) is 5. The topological polar surface area (TPSA) is 152 Å². The molecule has 196 valence electrons. The van der Waals surface area contributed by atoms with E-state index in [-0.39, 0.29) is 19.3 Å². The number of carboxylic acid groups (broad SMARTS) is 3. The van der Waals surface area contributed by atoms with E-state index in [1.807, 2.05) is 0 Å². The highest BCUT2D eigenvalue weighted by Crippen LogP contribution is 2.45. The number of aliphatic hydroxyl groups is 2. The van der Waals surface area contributed by atoms with Gasteiger partial charge in [-0.3, -0.25) is 9.59 Å². The van der Waals surface area contributed by atoms with Crippen molar-refractivity contribution >= 4 is 17.9 Å². The van der Waals surface area contributed by atoms with Crippen molar-refractivity contribution in [2.45, 2.75) is 123 Å². The molecule has 0 saturated heterocycles. The van der Waals surface area contributed by atoms with Crippen LogP contribution in [0.3, 0.4) is 0 Å². The zero-order valence-electron chi connectivity index (χ0n) is 21.1. The summed E-state index contributed by atoms with van der Waals surface area (Å²) in [6, 6.07) is 0. The molecule has 2 unspecified atom stereocenters. The van der Waals surface area contributed by atoms with Gasteiger partial charge in [-0.1, -0.05) is 91.9 Å². The van der Waals surface area contributed by atoms with E-state index in [0.717, 1.165) is 6.42 Å². The van der Waals surface area contributed by atoms with Gasteiger partial charge in [-0.05, 0) is 25.7 Å². The molecule has 2 atom stereocenters. The van der Waals surface area contributed by atoms with Gasteiger partial charge in [-0.2, -0.15) is 0 Å². The van der Waals surface area contributed by atoms with Crippen molar-refractivity contribution in [1.82, 2.24) is 0 Å². The molecule has 33 heavy (non-hydrogen) atoms. The summed E-state index contributed by atoms with van der Waals surface area (Å²) in [4.78, 5) is 34.0. The lowest BCUT2D eigenvalue weighted by Crippen LogP contribution is -2.63. The van der Waals surface area contributed by atoms with Crippen LogP contribution in [-0.2, 0) is 14.4 Å². The Morgan fingerprint density at radius 3 is 1.30 bits per heavy atom. The van der Waals surface area contributed by atoms with Crippen molar-refractivity contribution in [3.8, 4) is 0 Å². The van der Waals surface area contributed by atoms with Gasteiger partial charge >= 0.3 is 17.9 Å². The highest BCUT2D eigenvalue weighted by molar-refractivity contribution is 5.93. The van der Waals surface area contributed by atoms with Gasteiger partial charge in [0.2, 0.25) is 0 Å². The Morgan fingerprint density at radius 1 is 0.667 bits per heavy atom. The highest BCUT2D eigenvalue weighted by atomic mass is 16.4. The third kappa shape index (κ3) is 10.4. The second-order valence-electron chi connectivity index (χ2n) is 8.72. The van der Waals surface area contributed by atoms with E-state index in [1.54, 1.807) is 0 Å². The average Bonchev–Trinajstić information content (AvgIpc) is 2.76. The van der Waals surface area contributed by atoms with Gasteiger partial charge < -0.3 is 25.5 Å². The fraction of sp³-hybridized carbons (Fsp3) is 0.880. The molecule has 5 N–H and O–H groups in total. The SMILES string of the molecule is CCC(C(=O)O)C(O)(C(=O)O)C(CC)(CC)C(=O)O.CCCCCCCCCCCCCO. The van der Waals surface area contributed by atoms with Gasteiger partial charge in [0.05, 0.1) is 5.92 Å². The number of rotatable bonds is 19. The third-order valence-corrected chi connectivity index (χ3v) is 6.64. The zero-order chi connectivity index (χ0) is 25.9. The second kappa shape index (κ2) is 18.7. The molecule has 0 aliphatic rings. The molecular formula is C25H48O8. The smallest absolute Gasteiger partial charge is 0.337 e. The van der Waals surface area contributed by atoms with Crippen molar-refractivity contribution in [3.05, 3.63) is 0 Å². The summed E-state index contributed by atoms with van der Waals surface area (Å²) in [6.45, 7) is 6.86. The van der Waals surface area contributed by atoms with Crippen LogP contribution in [0.2, 0.25) is 0 Å². The van der Waals surface area contributed by atoms with Gasteiger partial charge in [-0.15, -0.1) is 0 Å². The van der Waals surface area contributed by atoms with Crippen molar-refractivity contribution in [3.63, 3.8) is 0 Å². The Bertz CT molecular complexity index is 533. The summed E-state index contributed by atoms with van der Waals surface area (Å²) in [5.41, 5.74) is -4.90. The van der Waals surface area contributed by atoms with Gasteiger partial charge in [0.1, 0.15) is 5.41 Å². The Labute approximate surface area is 199 Å². The van der Waals surface area contributed by atoms with Crippen molar-refractivity contribution in [1.29, 1.82) is 0 Å². The number of hydrogen-bond donors (Lipinski definition) is 5. The molecular weight excluding hydrogens is 428 g/mol. The van der Waals surface area contributed by atoms with Crippen molar-refractivity contribution in [2.24, 2.45) is 11.3 Å². The predicted octanol–water partition coefficient (Wildman–Crippen LogP) is 5.09. The van der Waals surface area contributed by atoms with Crippen LogP contribution in [0, 0.1) is 11.3 Å². The van der Waals surface area contributed by atoms with Crippen LogP contribution in [-0.4, -0.2) is 55.6 Å².